The van der Waals surface area contributed by atoms with Crippen molar-refractivity contribution >= 4 is 5.97 Å². The number of unbranched alkanes of at least 4 members (excludes halogenated alkanes) is 6. The molecule has 21 nitrogen and oxygen atoms in total. The molecule has 4 rings (SSSR count). The SMILES string of the molecule is C=CCCCCCCCCC(=O)O.NC[C@H]1O[C@H](O[C@H]2[C@H](O[C@@H]3O[C@H](CO)[C@@H](O[C@H]4O[C@H](CN)[C@@H](O)[C@H](O)[C@H]4N)[C@H]3O)[C@@H](O)[C@H](N)C[C@@H]2N)[C@H](N)[C@@H](O)[C@@H]1O. The molecule has 4 fully saturated rings. The fraction of sp³-hybridized carbons (Fsp3) is 0.912. The summed E-state index contributed by atoms with van der Waals surface area (Å²) in [4.78, 5) is 10.2. The van der Waals surface area contributed by atoms with Crippen LogP contribution in [0, 0.1) is 0 Å². The Morgan fingerprint density at radius 1 is 0.618 bits per heavy atom. The summed E-state index contributed by atoms with van der Waals surface area (Å²) < 4.78 is 34.6. The molecule has 3 heterocycles. The van der Waals surface area contributed by atoms with Gasteiger partial charge in [-0.25, -0.2) is 0 Å². The summed E-state index contributed by atoms with van der Waals surface area (Å²) in [5.74, 6) is -0.674. The van der Waals surface area contributed by atoms with E-state index in [0.29, 0.717) is 6.42 Å². The van der Waals surface area contributed by atoms with Crippen LogP contribution < -0.4 is 34.4 Å². The summed E-state index contributed by atoms with van der Waals surface area (Å²) in [6.45, 7) is 2.70. The fourth-order valence-electron chi connectivity index (χ4n) is 7.01. The number of carbonyl (C=O) groups is 1. The average molecular weight is 799 g/mol. The van der Waals surface area contributed by atoms with Crippen LogP contribution in [0.4, 0.5) is 0 Å². The number of ether oxygens (including phenoxy) is 6. The van der Waals surface area contributed by atoms with Gasteiger partial charge in [-0.15, -0.1) is 6.58 Å². The molecule has 0 aromatic rings. The molecule has 1 saturated carbocycles. The van der Waals surface area contributed by atoms with Crippen LogP contribution in [0.1, 0.15) is 57.8 Å². The van der Waals surface area contributed by atoms with E-state index in [1.54, 1.807) is 0 Å². The van der Waals surface area contributed by atoms with Crippen molar-refractivity contribution in [2.24, 2.45) is 34.4 Å². The molecule has 3 saturated heterocycles. The Kier molecular flexibility index (Phi) is 20.1. The highest BCUT2D eigenvalue weighted by atomic mass is 16.8. The quantitative estimate of drug-likeness (QED) is 0.0454. The van der Waals surface area contributed by atoms with E-state index in [4.69, 9.17) is 67.9 Å². The smallest absolute Gasteiger partial charge is 0.303 e. The predicted molar refractivity (Wildman–Crippen MR) is 193 cm³/mol. The normalized spacial score (nSPS) is 43.4. The van der Waals surface area contributed by atoms with Gasteiger partial charge < -0.3 is 104 Å². The third-order valence-corrected chi connectivity index (χ3v) is 10.4. The highest BCUT2D eigenvalue weighted by Gasteiger charge is 2.54. The van der Waals surface area contributed by atoms with E-state index in [9.17, 15) is 40.5 Å². The van der Waals surface area contributed by atoms with Gasteiger partial charge in [0, 0.05) is 31.6 Å². The van der Waals surface area contributed by atoms with E-state index in [-0.39, 0.29) is 19.5 Å². The second kappa shape index (κ2) is 23.1. The van der Waals surface area contributed by atoms with E-state index in [2.05, 4.69) is 6.58 Å². The first-order valence-electron chi connectivity index (χ1n) is 19.0. The number of aliphatic hydroxyl groups is 7. The maximum atomic E-state index is 11.1. The molecule has 19 atom stereocenters. The molecule has 0 unspecified atom stereocenters. The van der Waals surface area contributed by atoms with Gasteiger partial charge in [0.15, 0.2) is 18.9 Å². The van der Waals surface area contributed by atoms with Crippen molar-refractivity contribution in [2.45, 2.75) is 174 Å². The second-order valence-electron chi connectivity index (χ2n) is 14.6. The van der Waals surface area contributed by atoms with Crippen molar-refractivity contribution in [2.75, 3.05) is 19.7 Å². The lowest BCUT2D eigenvalue weighted by atomic mass is 9.84. The van der Waals surface area contributed by atoms with Crippen LogP contribution in [-0.2, 0) is 33.2 Å². The zero-order chi connectivity index (χ0) is 41.0. The van der Waals surface area contributed by atoms with Crippen LogP contribution >= 0.6 is 0 Å². The summed E-state index contributed by atoms with van der Waals surface area (Å²) in [5, 5.41) is 81.4. The minimum atomic E-state index is -1.60. The first-order valence-corrected chi connectivity index (χ1v) is 19.0. The molecule has 4 aliphatic rings. The van der Waals surface area contributed by atoms with Crippen LogP contribution in [0.25, 0.3) is 0 Å². The standard InChI is InChI=1S/C23H46N6O13.C11H20O2/c24-2-7-13(32)15(34)10(28)21(37-7)40-18-6(27)1-5(26)12(31)20(18)42-23-17(36)19(9(4-30)39-23)41-22-11(29)16(35)14(33)8(3-25)38-22;1-2-3-4-5-6-7-8-9-10-11(12)13/h5-23,30-36H,1-4,24-29H2;2H,1,3-10H2,(H,12,13)/t5-,6+,7-,8-,9-,10-,11-,12+,13-,14-,15-,16-,17-,18-,19-,20-,21-,22-,23+;/m1./s1. The third kappa shape index (κ3) is 12.7. The average Bonchev–Trinajstić information content (AvgIpc) is 3.46. The molecule has 0 radical (unpaired) electrons. The van der Waals surface area contributed by atoms with Gasteiger partial charge in [-0.3, -0.25) is 4.79 Å². The summed E-state index contributed by atoms with van der Waals surface area (Å²) in [5.41, 5.74) is 35.6. The number of carboxylic acids is 1. The molecule has 21 heteroatoms. The second-order valence-corrected chi connectivity index (χ2v) is 14.6. The van der Waals surface area contributed by atoms with E-state index in [1.165, 1.54) is 25.7 Å². The Balaban J connectivity index is 0.000000534. The largest absolute Gasteiger partial charge is 0.481 e. The molecule has 0 amide bonds. The van der Waals surface area contributed by atoms with Crippen LogP contribution in [-0.4, -0.2) is 183 Å². The lowest BCUT2D eigenvalue weighted by Crippen LogP contribution is -2.68. The maximum absolute atomic E-state index is 11.1. The van der Waals surface area contributed by atoms with Crippen LogP contribution in [0.3, 0.4) is 0 Å². The molecular formula is C34H66N6O15. The molecule has 0 aromatic carbocycles. The summed E-state index contributed by atoms with van der Waals surface area (Å²) >= 11 is 0. The molecule has 322 valence electrons. The summed E-state index contributed by atoms with van der Waals surface area (Å²) in [6.07, 6.45) is -9.64. The fourth-order valence-corrected chi connectivity index (χ4v) is 7.01. The van der Waals surface area contributed by atoms with Gasteiger partial charge in [-0.1, -0.05) is 31.8 Å². The lowest BCUT2D eigenvalue weighted by Gasteiger charge is -2.47. The molecule has 1 aliphatic carbocycles. The minimum Gasteiger partial charge on any atom is -0.481 e. The number of rotatable bonds is 18. The molecule has 0 aromatic heterocycles. The van der Waals surface area contributed by atoms with Crippen LogP contribution in [0.15, 0.2) is 12.7 Å². The third-order valence-electron chi connectivity index (χ3n) is 10.4. The van der Waals surface area contributed by atoms with E-state index < -0.39 is 129 Å². The van der Waals surface area contributed by atoms with Gasteiger partial charge in [0.2, 0.25) is 0 Å². The van der Waals surface area contributed by atoms with Crippen molar-refractivity contribution in [1.82, 2.24) is 0 Å². The number of nitrogens with two attached hydrogens (primary N) is 6. The van der Waals surface area contributed by atoms with Gasteiger partial charge in [-0.05, 0) is 25.7 Å². The topological polar surface area (TPSA) is 390 Å². The maximum Gasteiger partial charge on any atom is 0.303 e. The van der Waals surface area contributed by atoms with Crippen LogP contribution in [0.5, 0.6) is 0 Å². The number of aliphatic carboxylic acids is 1. The van der Waals surface area contributed by atoms with Crippen molar-refractivity contribution < 1.29 is 74.1 Å². The monoisotopic (exact) mass is 798 g/mol. The Hall–Kier alpha value is -1.55. The first-order chi connectivity index (χ1) is 26.1. The van der Waals surface area contributed by atoms with Gasteiger partial charge in [0.05, 0.1) is 24.8 Å². The Labute approximate surface area is 320 Å². The molecule has 0 spiro atoms. The number of aliphatic hydroxyl groups excluding tert-OH is 7. The molecule has 0 bridgehead atoms. The van der Waals surface area contributed by atoms with Gasteiger partial charge >= 0.3 is 5.97 Å². The van der Waals surface area contributed by atoms with Crippen molar-refractivity contribution in [3.63, 3.8) is 0 Å². The Morgan fingerprint density at radius 3 is 1.58 bits per heavy atom. The van der Waals surface area contributed by atoms with Crippen molar-refractivity contribution in [3.05, 3.63) is 12.7 Å². The van der Waals surface area contributed by atoms with Crippen molar-refractivity contribution in [1.29, 1.82) is 0 Å². The zero-order valence-corrected chi connectivity index (χ0v) is 31.1. The van der Waals surface area contributed by atoms with Gasteiger partial charge in [0.1, 0.15) is 67.1 Å². The number of carboxylic acid groups (broad SMARTS) is 1. The van der Waals surface area contributed by atoms with Gasteiger partial charge in [0.25, 0.3) is 0 Å². The predicted octanol–water partition coefficient (Wildman–Crippen LogP) is -5.52. The highest BCUT2D eigenvalue weighted by molar-refractivity contribution is 5.66. The molecule has 55 heavy (non-hydrogen) atoms. The highest BCUT2D eigenvalue weighted by Crippen LogP contribution is 2.34. The zero-order valence-electron chi connectivity index (χ0n) is 31.1. The van der Waals surface area contributed by atoms with Gasteiger partial charge in [-0.2, -0.15) is 0 Å². The van der Waals surface area contributed by atoms with E-state index in [1.807, 2.05) is 6.08 Å². The van der Waals surface area contributed by atoms with E-state index in [0.717, 1.165) is 19.3 Å². The van der Waals surface area contributed by atoms with Crippen LogP contribution in [0.2, 0.25) is 0 Å². The summed E-state index contributed by atoms with van der Waals surface area (Å²) in [6, 6.07) is -4.18. The van der Waals surface area contributed by atoms with E-state index >= 15 is 0 Å². The number of hydrogen-bond donors (Lipinski definition) is 14. The molecule has 3 aliphatic heterocycles. The minimum absolute atomic E-state index is 0.0889. The first kappa shape index (κ1) is 47.8. The summed E-state index contributed by atoms with van der Waals surface area (Å²) in [7, 11) is 0. The number of allylic oxidation sites excluding steroid dienone is 1. The lowest BCUT2D eigenvalue weighted by molar-refractivity contribution is -0.306. The Bertz CT molecular complexity index is 1130. The Morgan fingerprint density at radius 2 is 1.09 bits per heavy atom. The van der Waals surface area contributed by atoms with Crippen molar-refractivity contribution in [3.8, 4) is 0 Å². The molecular weight excluding hydrogens is 732 g/mol. The molecule has 20 N–H and O–H groups in total. The number of hydrogen-bond acceptors (Lipinski definition) is 20.